The highest BCUT2D eigenvalue weighted by molar-refractivity contribution is 7.47. The van der Waals surface area contributed by atoms with Gasteiger partial charge in [-0.3, -0.25) is 37.3 Å². The Morgan fingerprint density at radius 2 is 0.554 bits per heavy atom. The van der Waals surface area contributed by atoms with Gasteiger partial charge in [-0.05, 0) is 37.5 Å². The molecule has 17 nitrogen and oxygen atoms in total. The topological polar surface area (TPSA) is 237 Å². The standard InChI is InChI=1S/C73H142O17P2/c1-7-10-12-14-16-18-20-21-22-23-24-25-27-31-39-45-51-57-72(77)89-68(61-84-71(76)56-50-44-38-32-28-29-35-41-47-53-65(4)5)63-87-91(79,80)85-59-67(74)60-86-92(81,82)88-64-69(62-83-70(75)55-49-43-37-30-26-19-17-15-13-11-8-2)90-73(78)58-52-46-40-34-33-36-42-48-54-66(6)9-3/h65-69,74H,7-64H2,1-6H3,(H,79,80)(H,81,82)/t66?,67-,68-,69-/m1/s1. The number of hydrogen-bond donors (Lipinski definition) is 3. The molecule has 0 aromatic rings. The first-order valence-electron chi connectivity index (χ1n) is 38.0. The van der Waals surface area contributed by atoms with Gasteiger partial charge in [0.1, 0.15) is 19.3 Å². The second-order valence-corrected chi connectivity index (χ2v) is 30.0. The Morgan fingerprint density at radius 1 is 0.315 bits per heavy atom. The molecular formula is C73H142O17P2. The van der Waals surface area contributed by atoms with Gasteiger partial charge in [-0.2, -0.15) is 0 Å². The van der Waals surface area contributed by atoms with E-state index in [1.807, 2.05) is 0 Å². The molecule has 0 spiro atoms. The van der Waals surface area contributed by atoms with Gasteiger partial charge in [-0.1, -0.05) is 324 Å². The van der Waals surface area contributed by atoms with Gasteiger partial charge in [0.25, 0.3) is 0 Å². The van der Waals surface area contributed by atoms with Crippen molar-refractivity contribution in [2.75, 3.05) is 39.6 Å². The molecule has 0 saturated carbocycles. The minimum atomic E-state index is -4.95. The van der Waals surface area contributed by atoms with Gasteiger partial charge >= 0.3 is 39.5 Å². The molecule has 92 heavy (non-hydrogen) atoms. The summed E-state index contributed by atoms with van der Waals surface area (Å²) in [5.74, 6) is -0.607. The van der Waals surface area contributed by atoms with Crippen LogP contribution in [0, 0.1) is 11.8 Å². The van der Waals surface area contributed by atoms with Crippen molar-refractivity contribution in [3.63, 3.8) is 0 Å². The van der Waals surface area contributed by atoms with Crippen molar-refractivity contribution < 1.29 is 80.2 Å². The molecule has 0 aromatic heterocycles. The Morgan fingerprint density at radius 3 is 0.826 bits per heavy atom. The summed E-state index contributed by atoms with van der Waals surface area (Å²) in [6, 6.07) is 0. The van der Waals surface area contributed by atoms with Crippen molar-refractivity contribution in [3.05, 3.63) is 0 Å². The quantitative estimate of drug-likeness (QED) is 0.0222. The van der Waals surface area contributed by atoms with Crippen LogP contribution in [0.3, 0.4) is 0 Å². The summed E-state index contributed by atoms with van der Waals surface area (Å²) in [4.78, 5) is 72.7. The zero-order chi connectivity index (χ0) is 67.9. The zero-order valence-electron chi connectivity index (χ0n) is 59.9. The van der Waals surface area contributed by atoms with Crippen LogP contribution >= 0.6 is 15.6 Å². The molecule has 0 aliphatic carbocycles. The number of carbonyl (C=O) groups excluding carboxylic acids is 4. The fourth-order valence-electron chi connectivity index (χ4n) is 11.1. The number of hydrogen-bond acceptors (Lipinski definition) is 15. The Kier molecular flexibility index (Phi) is 63.7. The van der Waals surface area contributed by atoms with Crippen LogP contribution in [0.2, 0.25) is 0 Å². The average molecular weight is 1350 g/mol. The molecule has 0 aromatic carbocycles. The number of ether oxygens (including phenoxy) is 4. The SMILES string of the molecule is CCCCCCCCCCCCCCCCCCCC(=O)O[C@H](COC(=O)CCCCCCCCCCCC(C)C)COP(=O)(O)OC[C@@H](O)COP(=O)(O)OC[C@@H](COC(=O)CCCCCCCCCCCCC)OC(=O)CCCCCCCCCCC(C)CC. The van der Waals surface area contributed by atoms with Gasteiger partial charge in [0, 0.05) is 25.7 Å². The highest BCUT2D eigenvalue weighted by Gasteiger charge is 2.30. The van der Waals surface area contributed by atoms with E-state index in [9.17, 15) is 43.2 Å². The summed E-state index contributed by atoms with van der Waals surface area (Å²) < 4.78 is 68.4. The number of carbonyl (C=O) groups is 4. The maximum Gasteiger partial charge on any atom is 0.472 e. The van der Waals surface area contributed by atoms with Crippen molar-refractivity contribution in [1.82, 2.24) is 0 Å². The average Bonchev–Trinajstić information content (AvgIpc) is 1.54. The Bertz CT molecular complexity index is 1790. The molecule has 0 radical (unpaired) electrons. The Labute approximate surface area is 562 Å². The third-order valence-corrected chi connectivity index (χ3v) is 19.2. The first-order chi connectivity index (χ1) is 44.4. The van der Waals surface area contributed by atoms with Crippen LogP contribution in [0.5, 0.6) is 0 Å². The van der Waals surface area contributed by atoms with Gasteiger partial charge in [0.05, 0.1) is 26.4 Å². The van der Waals surface area contributed by atoms with Gasteiger partial charge in [-0.15, -0.1) is 0 Å². The van der Waals surface area contributed by atoms with Gasteiger partial charge in [-0.25, -0.2) is 9.13 Å². The molecule has 0 fully saturated rings. The lowest BCUT2D eigenvalue weighted by Gasteiger charge is -2.21. The fourth-order valence-corrected chi connectivity index (χ4v) is 12.7. The maximum atomic E-state index is 13.1. The van der Waals surface area contributed by atoms with Crippen LogP contribution in [0.1, 0.15) is 375 Å². The van der Waals surface area contributed by atoms with Crippen molar-refractivity contribution in [2.24, 2.45) is 11.8 Å². The highest BCUT2D eigenvalue weighted by Crippen LogP contribution is 2.45. The molecule has 0 aliphatic heterocycles. The highest BCUT2D eigenvalue weighted by atomic mass is 31.2. The Balaban J connectivity index is 5.25. The summed E-state index contributed by atoms with van der Waals surface area (Å²) in [6.07, 6.45) is 51.2. The number of aliphatic hydroxyl groups excluding tert-OH is 1. The first-order valence-corrected chi connectivity index (χ1v) is 41.0. The minimum Gasteiger partial charge on any atom is -0.462 e. The predicted octanol–water partition coefficient (Wildman–Crippen LogP) is 21.2. The van der Waals surface area contributed by atoms with E-state index in [1.54, 1.807) is 0 Å². The van der Waals surface area contributed by atoms with Crippen LogP contribution in [0.25, 0.3) is 0 Å². The lowest BCUT2D eigenvalue weighted by Crippen LogP contribution is -2.30. The van der Waals surface area contributed by atoms with E-state index in [-0.39, 0.29) is 25.7 Å². The molecule has 546 valence electrons. The number of rotatable bonds is 72. The molecule has 3 N–H and O–H groups in total. The van der Waals surface area contributed by atoms with E-state index in [1.165, 1.54) is 193 Å². The van der Waals surface area contributed by atoms with Crippen LogP contribution in [-0.2, 0) is 65.4 Å². The molecule has 0 heterocycles. The van der Waals surface area contributed by atoms with E-state index in [0.29, 0.717) is 25.7 Å². The molecule has 0 amide bonds. The fraction of sp³-hybridized carbons (Fsp3) is 0.945. The molecule has 3 unspecified atom stereocenters. The number of phosphoric acid groups is 2. The summed E-state index contributed by atoms with van der Waals surface area (Å²) >= 11 is 0. The minimum absolute atomic E-state index is 0.105. The van der Waals surface area contributed by atoms with Gasteiger partial charge < -0.3 is 33.8 Å². The number of esters is 4. The lowest BCUT2D eigenvalue weighted by atomic mass is 9.99. The molecule has 0 bridgehead atoms. The largest absolute Gasteiger partial charge is 0.472 e. The number of aliphatic hydroxyl groups is 1. The molecular weight excluding hydrogens is 1210 g/mol. The molecule has 6 atom stereocenters. The first kappa shape index (κ1) is 90.1. The zero-order valence-corrected chi connectivity index (χ0v) is 61.6. The normalized spacial score (nSPS) is 14.4. The number of unbranched alkanes of at least 4 members (excludes halogenated alkanes) is 41. The third kappa shape index (κ3) is 65.4. The van der Waals surface area contributed by atoms with E-state index in [2.05, 4.69) is 41.5 Å². The van der Waals surface area contributed by atoms with Crippen molar-refractivity contribution in [2.45, 2.75) is 394 Å². The van der Waals surface area contributed by atoms with Crippen molar-refractivity contribution in [1.29, 1.82) is 0 Å². The summed E-state index contributed by atoms with van der Waals surface area (Å²) in [5.41, 5.74) is 0. The summed E-state index contributed by atoms with van der Waals surface area (Å²) in [7, 11) is -9.91. The van der Waals surface area contributed by atoms with E-state index < -0.39 is 97.5 Å². The van der Waals surface area contributed by atoms with Crippen molar-refractivity contribution in [3.8, 4) is 0 Å². The van der Waals surface area contributed by atoms with Crippen LogP contribution in [0.4, 0.5) is 0 Å². The van der Waals surface area contributed by atoms with Crippen LogP contribution in [0.15, 0.2) is 0 Å². The second kappa shape index (κ2) is 65.0. The molecule has 0 aliphatic rings. The van der Waals surface area contributed by atoms with Crippen LogP contribution in [-0.4, -0.2) is 96.7 Å². The smallest absolute Gasteiger partial charge is 0.462 e. The Hall–Kier alpha value is -1.94. The van der Waals surface area contributed by atoms with Gasteiger partial charge in [0.15, 0.2) is 12.2 Å². The maximum absolute atomic E-state index is 13.1. The van der Waals surface area contributed by atoms with Crippen molar-refractivity contribution >= 4 is 39.5 Å². The predicted molar refractivity (Wildman–Crippen MR) is 372 cm³/mol. The van der Waals surface area contributed by atoms with E-state index in [4.69, 9.17) is 37.0 Å². The van der Waals surface area contributed by atoms with Crippen LogP contribution < -0.4 is 0 Å². The number of phosphoric ester groups is 2. The third-order valence-electron chi connectivity index (χ3n) is 17.3. The lowest BCUT2D eigenvalue weighted by molar-refractivity contribution is -0.161. The second-order valence-electron chi connectivity index (χ2n) is 27.1. The molecule has 0 rings (SSSR count). The molecule has 0 saturated heterocycles. The van der Waals surface area contributed by atoms with Gasteiger partial charge in [0.2, 0.25) is 0 Å². The summed E-state index contributed by atoms with van der Waals surface area (Å²) in [6.45, 7) is 9.55. The van der Waals surface area contributed by atoms with E-state index >= 15 is 0 Å². The summed E-state index contributed by atoms with van der Waals surface area (Å²) in [5, 5.41) is 10.6. The van der Waals surface area contributed by atoms with E-state index in [0.717, 1.165) is 102 Å². The monoisotopic (exact) mass is 1350 g/mol. The molecule has 19 heteroatoms.